The number of carbonyl (C=O) groups excluding carboxylic acids is 1. The fraction of sp³-hybridized carbons (Fsp3) is 0.353. The molecule has 0 bridgehead atoms. The van der Waals surface area contributed by atoms with Crippen LogP contribution in [0.4, 0.5) is 10.2 Å². The molecule has 1 aromatic heterocycles. The second-order valence-electron chi connectivity index (χ2n) is 5.62. The van der Waals surface area contributed by atoms with Gasteiger partial charge < -0.3 is 10.1 Å². The van der Waals surface area contributed by atoms with E-state index in [1.807, 2.05) is 11.8 Å². The van der Waals surface area contributed by atoms with Gasteiger partial charge >= 0.3 is 0 Å². The molecule has 1 aromatic carbocycles. The van der Waals surface area contributed by atoms with Gasteiger partial charge in [-0.25, -0.2) is 14.4 Å². The van der Waals surface area contributed by atoms with E-state index in [1.165, 1.54) is 25.6 Å². The highest BCUT2D eigenvalue weighted by Crippen LogP contribution is 2.30. The SMILES string of the molecule is COc1ccc(F)cc1-c1cc(NC(=O)CC2CCSC2)ncn1. The van der Waals surface area contributed by atoms with E-state index in [0.717, 1.165) is 17.9 Å². The van der Waals surface area contributed by atoms with Crippen LogP contribution in [0.3, 0.4) is 0 Å². The third-order valence-electron chi connectivity index (χ3n) is 3.87. The maximum absolute atomic E-state index is 13.5. The largest absolute Gasteiger partial charge is 0.496 e. The van der Waals surface area contributed by atoms with E-state index in [9.17, 15) is 9.18 Å². The molecule has 1 N–H and O–H groups in total. The van der Waals surface area contributed by atoms with E-state index in [1.54, 1.807) is 12.1 Å². The van der Waals surface area contributed by atoms with E-state index in [0.29, 0.717) is 35.2 Å². The number of nitrogens with zero attached hydrogens (tertiary/aromatic N) is 2. The summed E-state index contributed by atoms with van der Waals surface area (Å²) in [5.41, 5.74) is 1.01. The third kappa shape index (κ3) is 4.03. The summed E-state index contributed by atoms with van der Waals surface area (Å²) < 4.78 is 18.8. The van der Waals surface area contributed by atoms with Crippen molar-refractivity contribution in [3.05, 3.63) is 36.4 Å². The van der Waals surface area contributed by atoms with Crippen LogP contribution in [-0.4, -0.2) is 34.5 Å². The molecule has 5 nitrogen and oxygen atoms in total. The maximum atomic E-state index is 13.5. The molecule has 24 heavy (non-hydrogen) atoms. The predicted molar refractivity (Wildman–Crippen MR) is 92.7 cm³/mol. The summed E-state index contributed by atoms with van der Waals surface area (Å²) in [5.74, 6) is 3.06. The molecule has 3 rings (SSSR count). The van der Waals surface area contributed by atoms with Gasteiger partial charge in [-0.1, -0.05) is 0 Å². The van der Waals surface area contributed by atoms with Crippen LogP contribution in [0.2, 0.25) is 0 Å². The van der Waals surface area contributed by atoms with Crippen molar-refractivity contribution < 1.29 is 13.9 Å². The number of aromatic nitrogens is 2. The Labute approximate surface area is 144 Å². The van der Waals surface area contributed by atoms with Crippen LogP contribution >= 0.6 is 11.8 Å². The van der Waals surface area contributed by atoms with Gasteiger partial charge in [0.1, 0.15) is 23.7 Å². The lowest BCUT2D eigenvalue weighted by atomic mass is 10.1. The monoisotopic (exact) mass is 347 g/mol. The van der Waals surface area contributed by atoms with E-state index in [4.69, 9.17) is 4.74 Å². The first-order valence-electron chi connectivity index (χ1n) is 7.69. The van der Waals surface area contributed by atoms with Gasteiger partial charge in [-0.05, 0) is 42.0 Å². The fourth-order valence-electron chi connectivity index (χ4n) is 2.65. The summed E-state index contributed by atoms with van der Waals surface area (Å²) in [5, 5.41) is 2.80. The van der Waals surface area contributed by atoms with Crippen molar-refractivity contribution in [3.63, 3.8) is 0 Å². The van der Waals surface area contributed by atoms with Crippen molar-refractivity contribution in [2.75, 3.05) is 23.9 Å². The first-order chi connectivity index (χ1) is 11.7. The smallest absolute Gasteiger partial charge is 0.225 e. The van der Waals surface area contributed by atoms with Gasteiger partial charge in [0.25, 0.3) is 0 Å². The van der Waals surface area contributed by atoms with Crippen LogP contribution < -0.4 is 10.1 Å². The summed E-state index contributed by atoms with van der Waals surface area (Å²) in [7, 11) is 1.51. The van der Waals surface area contributed by atoms with Gasteiger partial charge in [-0.3, -0.25) is 4.79 Å². The van der Waals surface area contributed by atoms with Crippen molar-refractivity contribution in [3.8, 4) is 17.0 Å². The minimum atomic E-state index is -0.381. The van der Waals surface area contributed by atoms with E-state index >= 15 is 0 Å². The van der Waals surface area contributed by atoms with Crippen LogP contribution in [0.1, 0.15) is 12.8 Å². The Kier molecular flexibility index (Phi) is 5.30. The molecule has 0 aliphatic carbocycles. The number of carbonyl (C=O) groups is 1. The summed E-state index contributed by atoms with van der Waals surface area (Å²) >= 11 is 1.88. The van der Waals surface area contributed by atoms with E-state index in [-0.39, 0.29) is 11.7 Å². The molecule has 1 aliphatic rings. The van der Waals surface area contributed by atoms with Crippen LogP contribution in [0.5, 0.6) is 5.75 Å². The maximum Gasteiger partial charge on any atom is 0.225 e. The number of rotatable bonds is 5. The quantitative estimate of drug-likeness (QED) is 0.898. The first-order valence-corrected chi connectivity index (χ1v) is 8.84. The minimum absolute atomic E-state index is 0.0571. The molecular weight excluding hydrogens is 329 g/mol. The van der Waals surface area contributed by atoms with E-state index in [2.05, 4.69) is 15.3 Å². The Hall–Kier alpha value is -2.15. The van der Waals surface area contributed by atoms with Gasteiger partial charge in [-0.2, -0.15) is 11.8 Å². The molecule has 0 radical (unpaired) electrons. The molecular formula is C17H18FN3O2S. The first kappa shape index (κ1) is 16.7. The Morgan fingerprint density at radius 1 is 1.42 bits per heavy atom. The zero-order valence-corrected chi connectivity index (χ0v) is 14.1. The van der Waals surface area contributed by atoms with Crippen molar-refractivity contribution >= 4 is 23.5 Å². The highest BCUT2D eigenvalue weighted by atomic mass is 32.2. The molecule has 1 atom stereocenters. The number of ether oxygens (including phenoxy) is 1. The van der Waals surface area contributed by atoms with Crippen molar-refractivity contribution in [2.45, 2.75) is 12.8 Å². The zero-order valence-electron chi connectivity index (χ0n) is 13.3. The molecule has 0 spiro atoms. The van der Waals surface area contributed by atoms with Gasteiger partial charge in [0.05, 0.1) is 12.8 Å². The molecule has 1 aliphatic heterocycles. The fourth-order valence-corrected chi connectivity index (χ4v) is 3.94. The summed E-state index contributed by atoms with van der Waals surface area (Å²) in [6.07, 6.45) is 2.92. The molecule has 1 fully saturated rings. The van der Waals surface area contributed by atoms with Gasteiger partial charge in [0, 0.05) is 18.1 Å². The van der Waals surface area contributed by atoms with Crippen LogP contribution in [0.25, 0.3) is 11.3 Å². The van der Waals surface area contributed by atoms with Crippen LogP contribution in [-0.2, 0) is 4.79 Å². The minimum Gasteiger partial charge on any atom is -0.496 e. The standard InChI is InChI=1S/C17H18FN3O2S/c1-23-15-3-2-12(18)7-13(15)14-8-16(20-10-19-14)21-17(22)6-11-4-5-24-9-11/h2-3,7-8,10-11H,4-6,9H2,1H3,(H,19,20,21,22). The average Bonchev–Trinajstić information content (AvgIpc) is 3.08. The van der Waals surface area contributed by atoms with Gasteiger partial charge in [0.2, 0.25) is 5.91 Å². The van der Waals surface area contributed by atoms with Crippen LogP contribution in [0, 0.1) is 11.7 Å². The highest BCUT2D eigenvalue weighted by Gasteiger charge is 2.19. The molecule has 2 heterocycles. The summed E-state index contributed by atoms with van der Waals surface area (Å²) in [4.78, 5) is 20.4. The lowest BCUT2D eigenvalue weighted by Crippen LogP contribution is -2.17. The Balaban J connectivity index is 1.76. The normalized spacial score (nSPS) is 16.8. The number of amides is 1. The van der Waals surface area contributed by atoms with Gasteiger partial charge in [0.15, 0.2) is 0 Å². The lowest BCUT2D eigenvalue weighted by Gasteiger charge is -2.11. The number of anilines is 1. The average molecular weight is 347 g/mol. The topological polar surface area (TPSA) is 64.1 Å². The van der Waals surface area contributed by atoms with Crippen molar-refractivity contribution in [1.29, 1.82) is 0 Å². The Morgan fingerprint density at radius 2 is 2.29 bits per heavy atom. The molecule has 126 valence electrons. The van der Waals surface area contributed by atoms with Crippen LogP contribution in [0.15, 0.2) is 30.6 Å². The molecule has 1 amide bonds. The molecule has 1 saturated heterocycles. The number of methoxy groups -OCH3 is 1. The lowest BCUT2D eigenvalue weighted by molar-refractivity contribution is -0.116. The summed E-state index contributed by atoms with van der Waals surface area (Å²) in [6.45, 7) is 0. The van der Waals surface area contributed by atoms with Gasteiger partial charge in [-0.15, -0.1) is 0 Å². The van der Waals surface area contributed by atoms with E-state index < -0.39 is 0 Å². The number of hydrogen-bond donors (Lipinski definition) is 1. The highest BCUT2D eigenvalue weighted by molar-refractivity contribution is 7.99. The zero-order chi connectivity index (χ0) is 16.9. The molecule has 0 saturated carbocycles. The molecule has 1 unspecified atom stereocenters. The molecule has 7 heteroatoms. The van der Waals surface area contributed by atoms with Crippen molar-refractivity contribution in [1.82, 2.24) is 9.97 Å². The second kappa shape index (κ2) is 7.61. The second-order valence-corrected chi connectivity index (χ2v) is 6.76. The Bertz CT molecular complexity index is 736. The number of benzene rings is 1. The Morgan fingerprint density at radius 3 is 3.04 bits per heavy atom. The third-order valence-corrected chi connectivity index (χ3v) is 5.10. The number of nitrogens with one attached hydrogen (secondary N) is 1. The molecule has 2 aromatic rings. The number of halogens is 1. The summed E-state index contributed by atoms with van der Waals surface area (Å²) in [6, 6.07) is 5.84. The number of hydrogen-bond acceptors (Lipinski definition) is 5. The predicted octanol–water partition coefficient (Wildman–Crippen LogP) is 3.37. The van der Waals surface area contributed by atoms with Crippen molar-refractivity contribution in [2.24, 2.45) is 5.92 Å². The number of thioether (sulfide) groups is 1.